The van der Waals surface area contributed by atoms with Crippen LogP contribution in [-0.4, -0.2) is 12.4 Å². The molecule has 0 aromatic heterocycles. The molecule has 0 aliphatic heterocycles. The molecule has 0 bridgehead atoms. The minimum absolute atomic E-state index is 0.520. The van der Waals surface area contributed by atoms with E-state index in [2.05, 4.69) is 53.7 Å². The lowest BCUT2D eigenvalue weighted by Crippen LogP contribution is -2.13. The van der Waals surface area contributed by atoms with E-state index in [-0.39, 0.29) is 0 Å². The van der Waals surface area contributed by atoms with E-state index in [1.807, 2.05) is 18.2 Å². The van der Waals surface area contributed by atoms with Crippen molar-refractivity contribution in [1.29, 1.82) is 0 Å². The lowest BCUT2D eigenvalue weighted by molar-refractivity contribution is 0.253. The molecule has 0 radical (unpaired) electrons. The summed E-state index contributed by atoms with van der Waals surface area (Å²) in [7, 11) is 0. The summed E-state index contributed by atoms with van der Waals surface area (Å²) in [5, 5.41) is 2.42. The van der Waals surface area contributed by atoms with Gasteiger partial charge in [-0.2, -0.15) is 12.6 Å². The SMILES string of the molecule is CCCC(CS)COc1ccc2ccccc2c1Br. The summed E-state index contributed by atoms with van der Waals surface area (Å²) in [6.45, 7) is 2.93. The molecule has 0 saturated carbocycles. The van der Waals surface area contributed by atoms with E-state index in [0.717, 1.165) is 29.0 Å². The van der Waals surface area contributed by atoms with Crippen LogP contribution in [0.25, 0.3) is 10.8 Å². The highest BCUT2D eigenvalue weighted by Gasteiger charge is 2.10. The average molecular weight is 339 g/mol. The third-order valence-electron chi connectivity index (χ3n) is 3.26. The zero-order valence-electron chi connectivity index (χ0n) is 11.1. The van der Waals surface area contributed by atoms with Gasteiger partial charge in [-0.3, -0.25) is 0 Å². The van der Waals surface area contributed by atoms with Crippen LogP contribution < -0.4 is 4.74 Å². The van der Waals surface area contributed by atoms with Crippen LogP contribution in [0.5, 0.6) is 5.75 Å². The first-order valence-electron chi connectivity index (χ1n) is 6.67. The predicted molar refractivity (Wildman–Crippen MR) is 89.4 cm³/mol. The highest BCUT2D eigenvalue weighted by Crippen LogP contribution is 2.33. The minimum atomic E-state index is 0.520. The smallest absolute Gasteiger partial charge is 0.134 e. The molecule has 0 aliphatic rings. The van der Waals surface area contributed by atoms with Crippen molar-refractivity contribution >= 4 is 39.3 Å². The summed E-state index contributed by atoms with van der Waals surface area (Å²) >= 11 is 8.04. The molecule has 0 N–H and O–H groups in total. The monoisotopic (exact) mass is 338 g/mol. The molecule has 0 aliphatic carbocycles. The van der Waals surface area contributed by atoms with Gasteiger partial charge in [0.25, 0.3) is 0 Å². The van der Waals surface area contributed by atoms with Gasteiger partial charge in [-0.15, -0.1) is 0 Å². The molecule has 0 spiro atoms. The van der Waals surface area contributed by atoms with Gasteiger partial charge in [-0.25, -0.2) is 0 Å². The fourth-order valence-electron chi connectivity index (χ4n) is 2.17. The van der Waals surface area contributed by atoms with Crippen LogP contribution in [0, 0.1) is 5.92 Å². The van der Waals surface area contributed by atoms with Crippen molar-refractivity contribution in [2.75, 3.05) is 12.4 Å². The summed E-state index contributed by atoms with van der Waals surface area (Å²) in [6, 6.07) is 12.4. The van der Waals surface area contributed by atoms with Gasteiger partial charge in [0.15, 0.2) is 0 Å². The van der Waals surface area contributed by atoms with Crippen molar-refractivity contribution < 1.29 is 4.74 Å². The minimum Gasteiger partial charge on any atom is -0.492 e. The van der Waals surface area contributed by atoms with Crippen molar-refractivity contribution in [1.82, 2.24) is 0 Å². The Hall–Kier alpha value is -0.670. The Morgan fingerprint density at radius 2 is 2.00 bits per heavy atom. The maximum Gasteiger partial charge on any atom is 0.134 e. The number of rotatable bonds is 6. The van der Waals surface area contributed by atoms with Crippen LogP contribution in [0.2, 0.25) is 0 Å². The van der Waals surface area contributed by atoms with E-state index in [0.29, 0.717) is 5.92 Å². The van der Waals surface area contributed by atoms with Crippen molar-refractivity contribution in [3.8, 4) is 5.75 Å². The van der Waals surface area contributed by atoms with Crippen LogP contribution in [0.3, 0.4) is 0 Å². The molecule has 3 heteroatoms. The number of hydrogen-bond donors (Lipinski definition) is 1. The van der Waals surface area contributed by atoms with E-state index in [1.165, 1.54) is 17.2 Å². The number of fused-ring (bicyclic) bond motifs is 1. The third-order valence-corrected chi connectivity index (χ3v) is 4.59. The number of ether oxygens (including phenoxy) is 1. The molecule has 2 rings (SSSR count). The highest BCUT2D eigenvalue weighted by molar-refractivity contribution is 9.10. The number of benzene rings is 2. The molecule has 1 nitrogen and oxygen atoms in total. The zero-order chi connectivity index (χ0) is 13.7. The van der Waals surface area contributed by atoms with Gasteiger partial charge in [-0.1, -0.05) is 43.7 Å². The lowest BCUT2D eigenvalue weighted by atomic mass is 10.1. The van der Waals surface area contributed by atoms with Gasteiger partial charge in [0.1, 0.15) is 5.75 Å². The van der Waals surface area contributed by atoms with Crippen LogP contribution in [0.15, 0.2) is 40.9 Å². The van der Waals surface area contributed by atoms with Crippen LogP contribution in [-0.2, 0) is 0 Å². The molecule has 1 unspecified atom stereocenters. The molecule has 19 heavy (non-hydrogen) atoms. The summed E-state index contributed by atoms with van der Waals surface area (Å²) in [4.78, 5) is 0. The van der Waals surface area contributed by atoms with Gasteiger partial charge < -0.3 is 4.74 Å². The topological polar surface area (TPSA) is 9.23 Å². The Balaban J connectivity index is 2.14. The Bertz CT molecular complexity index is 541. The number of thiol groups is 1. The number of hydrogen-bond acceptors (Lipinski definition) is 2. The summed E-state index contributed by atoms with van der Waals surface area (Å²) in [5.41, 5.74) is 0. The molecule has 2 aromatic carbocycles. The molecule has 0 fully saturated rings. The average Bonchev–Trinajstić information content (AvgIpc) is 2.45. The van der Waals surface area contributed by atoms with Crippen LogP contribution >= 0.6 is 28.6 Å². The maximum absolute atomic E-state index is 5.95. The van der Waals surface area contributed by atoms with E-state index < -0.39 is 0 Å². The zero-order valence-corrected chi connectivity index (χ0v) is 13.6. The van der Waals surface area contributed by atoms with Crippen molar-refractivity contribution in [3.05, 3.63) is 40.9 Å². The molecular formula is C16H19BrOS. The second kappa shape index (κ2) is 7.20. The molecule has 0 amide bonds. The predicted octanol–water partition coefficient (Wildman–Crippen LogP) is 5.33. The molecule has 1 atom stereocenters. The standard InChI is InChI=1S/C16H19BrOS/c1-2-5-12(11-19)10-18-15-9-8-13-6-3-4-7-14(13)16(15)17/h3-4,6-9,12,19H,2,5,10-11H2,1H3. The summed E-state index contributed by atoms with van der Waals surface area (Å²) in [6.07, 6.45) is 2.34. The van der Waals surface area contributed by atoms with Gasteiger partial charge in [0.05, 0.1) is 11.1 Å². The fraction of sp³-hybridized carbons (Fsp3) is 0.375. The second-order valence-electron chi connectivity index (χ2n) is 4.75. The molecule has 0 heterocycles. The highest BCUT2D eigenvalue weighted by atomic mass is 79.9. The van der Waals surface area contributed by atoms with Gasteiger partial charge in [-0.05, 0) is 44.9 Å². The van der Waals surface area contributed by atoms with E-state index in [9.17, 15) is 0 Å². The quantitative estimate of drug-likeness (QED) is 0.700. The summed E-state index contributed by atoms with van der Waals surface area (Å²) in [5.74, 6) is 2.31. The lowest BCUT2D eigenvalue weighted by Gasteiger charge is -2.16. The third kappa shape index (κ3) is 3.67. The maximum atomic E-state index is 5.95. The van der Waals surface area contributed by atoms with Crippen LogP contribution in [0.1, 0.15) is 19.8 Å². The van der Waals surface area contributed by atoms with E-state index in [1.54, 1.807) is 0 Å². The molecule has 2 aromatic rings. The number of halogens is 1. The van der Waals surface area contributed by atoms with Gasteiger partial charge in [0.2, 0.25) is 0 Å². The van der Waals surface area contributed by atoms with Gasteiger partial charge >= 0.3 is 0 Å². The Morgan fingerprint density at radius 3 is 2.74 bits per heavy atom. The van der Waals surface area contributed by atoms with E-state index in [4.69, 9.17) is 4.74 Å². The largest absolute Gasteiger partial charge is 0.492 e. The first-order valence-corrected chi connectivity index (χ1v) is 8.09. The van der Waals surface area contributed by atoms with Gasteiger partial charge in [0, 0.05) is 5.92 Å². The molecule has 0 saturated heterocycles. The summed E-state index contributed by atoms with van der Waals surface area (Å²) < 4.78 is 7.00. The molecule has 102 valence electrons. The van der Waals surface area contributed by atoms with Crippen molar-refractivity contribution in [3.63, 3.8) is 0 Å². The van der Waals surface area contributed by atoms with E-state index >= 15 is 0 Å². The second-order valence-corrected chi connectivity index (χ2v) is 5.91. The van der Waals surface area contributed by atoms with Crippen molar-refractivity contribution in [2.45, 2.75) is 19.8 Å². The Kier molecular flexibility index (Phi) is 5.59. The Morgan fingerprint density at radius 1 is 1.21 bits per heavy atom. The fourth-order valence-corrected chi connectivity index (χ4v) is 3.06. The molecular weight excluding hydrogens is 320 g/mol. The van der Waals surface area contributed by atoms with Crippen LogP contribution in [0.4, 0.5) is 0 Å². The first kappa shape index (κ1) is 14.7. The Labute approximate surface area is 128 Å². The first-order chi connectivity index (χ1) is 9.26. The normalized spacial score (nSPS) is 12.6. The van der Waals surface area contributed by atoms with Crippen molar-refractivity contribution in [2.24, 2.45) is 5.92 Å².